The Morgan fingerprint density at radius 1 is 1.22 bits per heavy atom. The maximum Gasteiger partial charge on any atom is 0.234 e. The lowest BCUT2D eigenvalue weighted by Crippen LogP contribution is -2.34. The highest BCUT2D eigenvalue weighted by molar-refractivity contribution is 8.01. The van der Waals surface area contributed by atoms with Crippen molar-refractivity contribution in [3.63, 3.8) is 0 Å². The number of nitrogens with one attached hydrogen (secondary N) is 1. The monoisotopic (exact) mass is 352 g/mol. The second-order valence-corrected chi connectivity index (χ2v) is 9.88. The molecule has 2 rings (SSSR count). The van der Waals surface area contributed by atoms with E-state index in [1.807, 2.05) is 23.9 Å². The van der Waals surface area contributed by atoms with E-state index in [0.717, 1.165) is 18.7 Å². The molecule has 128 valence electrons. The van der Waals surface area contributed by atoms with Gasteiger partial charge in [0.25, 0.3) is 0 Å². The molecule has 1 saturated heterocycles. The van der Waals surface area contributed by atoms with Crippen molar-refractivity contribution in [3.05, 3.63) is 29.8 Å². The maximum absolute atomic E-state index is 11.9. The zero-order valence-electron chi connectivity index (χ0n) is 14.4. The molecule has 0 bridgehead atoms. The molecule has 5 heteroatoms. The van der Waals surface area contributed by atoms with Crippen molar-refractivity contribution in [2.45, 2.75) is 31.9 Å². The number of thioether (sulfide) groups is 2. The quantitative estimate of drug-likeness (QED) is 0.845. The van der Waals surface area contributed by atoms with Crippen LogP contribution in [-0.2, 0) is 11.2 Å². The summed E-state index contributed by atoms with van der Waals surface area (Å²) in [5.41, 5.74) is 2.23. The predicted octanol–water partition coefficient (Wildman–Crippen LogP) is 3.75. The minimum Gasteiger partial charge on any atom is -0.325 e. The van der Waals surface area contributed by atoms with Gasteiger partial charge in [0, 0.05) is 41.6 Å². The number of benzene rings is 1. The van der Waals surface area contributed by atoms with Crippen LogP contribution in [0.3, 0.4) is 0 Å². The number of amides is 1. The van der Waals surface area contributed by atoms with Gasteiger partial charge in [0.05, 0.1) is 5.75 Å². The Morgan fingerprint density at radius 2 is 1.87 bits per heavy atom. The highest BCUT2D eigenvalue weighted by Gasteiger charge is 2.13. The molecule has 1 aliphatic heterocycles. The first-order valence-electron chi connectivity index (χ1n) is 8.25. The van der Waals surface area contributed by atoms with Gasteiger partial charge < -0.3 is 10.2 Å². The first-order chi connectivity index (χ1) is 10.9. The second kappa shape index (κ2) is 9.00. The Bertz CT molecular complexity index is 491. The average Bonchev–Trinajstić information content (AvgIpc) is 2.53. The van der Waals surface area contributed by atoms with Crippen LogP contribution in [0.1, 0.15) is 26.3 Å². The maximum atomic E-state index is 11.9. The number of carbonyl (C=O) groups is 1. The summed E-state index contributed by atoms with van der Waals surface area (Å²) in [6, 6.07) is 8.29. The predicted molar refractivity (Wildman–Crippen MR) is 105 cm³/mol. The smallest absolute Gasteiger partial charge is 0.234 e. The molecule has 1 N–H and O–H groups in total. The molecule has 0 atom stereocenters. The summed E-state index contributed by atoms with van der Waals surface area (Å²) < 4.78 is 0.119. The van der Waals surface area contributed by atoms with E-state index in [4.69, 9.17) is 0 Å². The minimum atomic E-state index is 0.0727. The highest BCUT2D eigenvalue weighted by Crippen LogP contribution is 2.23. The topological polar surface area (TPSA) is 32.3 Å². The largest absolute Gasteiger partial charge is 0.325 e. The van der Waals surface area contributed by atoms with Crippen molar-refractivity contribution in [2.75, 3.05) is 42.2 Å². The molecule has 1 aromatic carbocycles. The lowest BCUT2D eigenvalue weighted by molar-refractivity contribution is -0.113. The van der Waals surface area contributed by atoms with Gasteiger partial charge in [-0.25, -0.2) is 0 Å². The molecule has 0 spiro atoms. The summed E-state index contributed by atoms with van der Waals surface area (Å²) in [6.07, 6.45) is 1.08. The first kappa shape index (κ1) is 18.7. The van der Waals surface area contributed by atoms with Gasteiger partial charge in [0.2, 0.25) is 5.91 Å². The van der Waals surface area contributed by atoms with E-state index in [-0.39, 0.29) is 10.7 Å². The third-order valence-corrected chi connectivity index (χ3v) is 5.91. The number of carbonyl (C=O) groups excluding carboxylic acids is 1. The van der Waals surface area contributed by atoms with Gasteiger partial charge >= 0.3 is 0 Å². The van der Waals surface area contributed by atoms with Crippen LogP contribution >= 0.6 is 23.5 Å². The first-order valence-corrected chi connectivity index (χ1v) is 10.4. The van der Waals surface area contributed by atoms with Crippen LogP contribution in [0.25, 0.3) is 0 Å². The molecule has 0 saturated carbocycles. The fourth-order valence-electron chi connectivity index (χ4n) is 2.35. The van der Waals surface area contributed by atoms with E-state index < -0.39 is 0 Å². The molecule has 1 heterocycles. The minimum absolute atomic E-state index is 0.0727. The normalized spacial score (nSPS) is 16.3. The van der Waals surface area contributed by atoms with Crippen LogP contribution in [0.5, 0.6) is 0 Å². The van der Waals surface area contributed by atoms with Gasteiger partial charge in [-0.1, -0.05) is 32.9 Å². The van der Waals surface area contributed by atoms with Gasteiger partial charge in [0.15, 0.2) is 0 Å². The van der Waals surface area contributed by atoms with Crippen molar-refractivity contribution >= 4 is 35.1 Å². The van der Waals surface area contributed by atoms with Crippen LogP contribution in [0.2, 0.25) is 0 Å². The Hall–Kier alpha value is -0.650. The van der Waals surface area contributed by atoms with Gasteiger partial charge in [0.1, 0.15) is 0 Å². The summed E-state index contributed by atoms with van der Waals surface area (Å²) in [5, 5.41) is 2.97. The van der Waals surface area contributed by atoms with Crippen LogP contribution in [-0.4, -0.2) is 52.4 Å². The van der Waals surface area contributed by atoms with Crippen molar-refractivity contribution in [1.82, 2.24) is 4.90 Å². The third-order valence-electron chi connectivity index (χ3n) is 3.69. The summed E-state index contributed by atoms with van der Waals surface area (Å²) in [4.78, 5) is 14.5. The molecular formula is C18H28N2OS2. The van der Waals surface area contributed by atoms with Crippen molar-refractivity contribution < 1.29 is 4.79 Å². The van der Waals surface area contributed by atoms with Crippen LogP contribution < -0.4 is 5.32 Å². The Kier molecular flexibility index (Phi) is 7.31. The lowest BCUT2D eigenvalue weighted by atomic mass is 10.1. The van der Waals surface area contributed by atoms with Gasteiger partial charge in [-0.3, -0.25) is 4.79 Å². The molecule has 0 aromatic heterocycles. The summed E-state index contributed by atoms with van der Waals surface area (Å²) in [6.45, 7) is 9.94. The summed E-state index contributed by atoms with van der Waals surface area (Å²) in [7, 11) is 0. The van der Waals surface area contributed by atoms with E-state index in [0.29, 0.717) is 5.75 Å². The summed E-state index contributed by atoms with van der Waals surface area (Å²) in [5.74, 6) is 3.09. The fraction of sp³-hybridized carbons (Fsp3) is 0.611. The SMILES string of the molecule is CC(C)(C)SCC(=O)Nc1ccc(CCN2CCSCC2)cc1. The van der Waals surface area contributed by atoms with Gasteiger partial charge in [-0.15, -0.1) is 11.8 Å². The third kappa shape index (κ3) is 7.64. The van der Waals surface area contributed by atoms with Crippen LogP contribution in [0.15, 0.2) is 24.3 Å². The van der Waals surface area contributed by atoms with Gasteiger partial charge in [-0.2, -0.15) is 11.8 Å². The molecule has 1 aromatic rings. The van der Waals surface area contributed by atoms with E-state index in [1.165, 1.54) is 30.2 Å². The zero-order chi connectivity index (χ0) is 16.7. The average molecular weight is 353 g/mol. The molecule has 0 unspecified atom stereocenters. The number of anilines is 1. The summed E-state index contributed by atoms with van der Waals surface area (Å²) >= 11 is 3.72. The second-order valence-electron chi connectivity index (χ2n) is 6.85. The van der Waals surface area contributed by atoms with Crippen LogP contribution in [0.4, 0.5) is 5.69 Å². The Balaban J connectivity index is 1.74. The van der Waals surface area contributed by atoms with E-state index in [1.54, 1.807) is 11.8 Å². The van der Waals surface area contributed by atoms with E-state index >= 15 is 0 Å². The number of nitrogens with zero attached hydrogens (tertiary/aromatic N) is 1. The number of hydrogen-bond donors (Lipinski definition) is 1. The van der Waals surface area contributed by atoms with E-state index in [9.17, 15) is 4.79 Å². The van der Waals surface area contributed by atoms with E-state index in [2.05, 4.69) is 43.1 Å². The van der Waals surface area contributed by atoms with Crippen molar-refractivity contribution in [2.24, 2.45) is 0 Å². The zero-order valence-corrected chi connectivity index (χ0v) is 16.1. The van der Waals surface area contributed by atoms with Crippen molar-refractivity contribution in [3.8, 4) is 0 Å². The molecular weight excluding hydrogens is 324 g/mol. The molecule has 0 aliphatic carbocycles. The fourth-order valence-corrected chi connectivity index (χ4v) is 3.96. The molecule has 1 amide bonds. The molecule has 0 radical (unpaired) electrons. The Labute approximate surface area is 149 Å². The highest BCUT2D eigenvalue weighted by atomic mass is 32.2. The molecule has 23 heavy (non-hydrogen) atoms. The number of rotatable bonds is 6. The standard InChI is InChI=1S/C18H28N2OS2/c1-18(2,3)23-14-17(21)19-16-6-4-15(5-7-16)8-9-20-10-12-22-13-11-20/h4-7H,8-14H2,1-3H3,(H,19,21). The molecule has 1 fully saturated rings. The van der Waals surface area contributed by atoms with Crippen LogP contribution in [0, 0.1) is 0 Å². The van der Waals surface area contributed by atoms with Gasteiger partial charge in [-0.05, 0) is 24.1 Å². The van der Waals surface area contributed by atoms with Crippen molar-refractivity contribution in [1.29, 1.82) is 0 Å². The lowest BCUT2D eigenvalue weighted by Gasteiger charge is -2.26. The molecule has 3 nitrogen and oxygen atoms in total. The molecule has 1 aliphatic rings. The Morgan fingerprint density at radius 3 is 2.48 bits per heavy atom. The number of hydrogen-bond acceptors (Lipinski definition) is 4.